The van der Waals surface area contributed by atoms with Gasteiger partial charge >= 0.3 is 6.18 Å². The number of carbonyl (C=O) groups is 2. The van der Waals surface area contributed by atoms with E-state index in [2.05, 4.69) is 10.6 Å². The molecule has 0 aliphatic heterocycles. The smallest absolute Gasteiger partial charge is 0.324 e. The molecule has 0 fully saturated rings. The average molecular weight is 504 g/mol. The first kappa shape index (κ1) is 26.2. The van der Waals surface area contributed by atoms with Gasteiger partial charge in [0, 0.05) is 11.4 Å². The van der Waals surface area contributed by atoms with E-state index in [1.165, 1.54) is 11.0 Å². The van der Waals surface area contributed by atoms with Gasteiger partial charge in [0.05, 0.1) is 17.1 Å². The average Bonchev–Trinajstić information content (AvgIpc) is 2.78. The number of anilines is 2. The molecule has 0 spiro atoms. The maximum absolute atomic E-state index is 13.2. The fourth-order valence-electron chi connectivity index (χ4n) is 3.78. The third-order valence-corrected chi connectivity index (χ3v) is 5.81. The SMILES string of the molecule is Cc1cccc(C)c1NC(=O)CN(C)[C@@H](C(=O)Nc1ccc(Cl)c(C(F)(F)F)c1)c1ccccc1. The molecule has 3 aromatic carbocycles. The summed E-state index contributed by atoms with van der Waals surface area (Å²) in [4.78, 5) is 27.6. The van der Waals surface area contributed by atoms with Gasteiger partial charge in [-0.3, -0.25) is 14.5 Å². The highest BCUT2D eigenvalue weighted by atomic mass is 35.5. The molecule has 0 aliphatic rings. The van der Waals surface area contributed by atoms with E-state index in [1.807, 2.05) is 32.0 Å². The van der Waals surface area contributed by atoms with Crippen molar-refractivity contribution in [2.75, 3.05) is 24.2 Å². The van der Waals surface area contributed by atoms with Gasteiger partial charge in [0.15, 0.2) is 0 Å². The van der Waals surface area contributed by atoms with Crippen molar-refractivity contribution in [3.63, 3.8) is 0 Å². The molecule has 2 amide bonds. The monoisotopic (exact) mass is 503 g/mol. The second kappa shape index (κ2) is 10.9. The van der Waals surface area contributed by atoms with Crippen molar-refractivity contribution in [3.8, 4) is 0 Å². The normalized spacial score (nSPS) is 12.3. The molecule has 0 aromatic heterocycles. The van der Waals surface area contributed by atoms with Crippen LogP contribution >= 0.6 is 11.6 Å². The van der Waals surface area contributed by atoms with Crippen molar-refractivity contribution in [2.24, 2.45) is 0 Å². The van der Waals surface area contributed by atoms with Crippen molar-refractivity contribution >= 4 is 34.8 Å². The number of carbonyl (C=O) groups excluding carboxylic acids is 2. The molecule has 9 heteroatoms. The molecule has 0 heterocycles. The molecule has 3 rings (SSSR count). The fraction of sp³-hybridized carbons (Fsp3) is 0.231. The van der Waals surface area contributed by atoms with Crippen LogP contribution < -0.4 is 10.6 Å². The molecule has 3 aromatic rings. The molecule has 0 bridgehead atoms. The van der Waals surface area contributed by atoms with Crippen molar-refractivity contribution in [1.82, 2.24) is 4.90 Å². The number of hydrogen-bond acceptors (Lipinski definition) is 3. The van der Waals surface area contributed by atoms with Gasteiger partial charge in [-0.25, -0.2) is 0 Å². The third kappa shape index (κ3) is 6.61. The molecular weight excluding hydrogens is 479 g/mol. The Balaban J connectivity index is 1.83. The molecule has 184 valence electrons. The molecular formula is C26H25ClF3N3O2. The summed E-state index contributed by atoms with van der Waals surface area (Å²) in [5.41, 5.74) is 1.99. The Labute approximate surface area is 206 Å². The number of halogens is 4. The second-order valence-electron chi connectivity index (χ2n) is 8.22. The minimum Gasteiger partial charge on any atom is -0.324 e. The lowest BCUT2D eigenvalue weighted by Crippen LogP contribution is -2.39. The molecule has 5 nitrogen and oxygen atoms in total. The highest BCUT2D eigenvalue weighted by Gasteiger charge is 2.34. The maximum Gasteiger partial charge on any atom is 0.417 e. The zero-order valence-electron chi connectivity index (χ0n) is 19.4. The minimum atomic E-state index is -4.67. The zero-order valence-corrected chi connectivity index (χ0v) is 20.2. The lowest BCUT2D eigenvalue weighted by atomic mass is 10.0. The van der Waals surface area contributed by atoms with Crippen LogP contribution in [-0.2, 0) is 15.8 Å². The first-order valence-corrected chi connectivity index (χ1v) is 11.1. The Morgan fingerprint density at radius 2 is 1.57 bits per heavy atom. The lowest BCUT2D eigenvalue weighted by Gasteiger charge is -2.27. The Bertz CT molecular complexity index is 1200. The van der Waals surface area contributed by atoms with Crippen LogP contribution in [0.25, 0.3) is 0 Å². The van der Waals surface area contributed by atoms with Crippen LogP contribution in [0.2, 0.25) is 5.02 Å². The van der Waals surface area contributed by atoms with Crippen molar-refractivity contribution in [1.29, 1.82) is 0 Å². The second-order valence-corrected chi connectivity index (χ2v) is 8.63. The number of nitrogens with one attached hydrogen (secondary N) is 2. The number of benzene rings is 3. The molecule has 2 N–H and O–H groups in total. The van der Waals surface area contributed by atoms with Gasteiger partial charge in [0.25, 0.3) is 0 Å². The third-order valence-electron chi connectivity index (χ3n) is 5.48. The lowest BCUT2D eigenvalue weighted by molar-refractivity contribution is -0.137. The Kier molecular flexibility index (Phi) is 8.19. The van der Waals surface area contributed by atoms with Crippen LogP contribution in [-0.4, -0.2) is 30.3 Å². The maximum atomic E-state index is 13.2. The Morgan fingerprint density at radius 3 is 2.17 bits per heavy atom. The van der Waals surface area contributed by atoms with Crippen molar-refractivity contribution < 1.29 is 22.8 Å². The summed E-state index contributed by atoms with van der Waals surface area (Å²) in [6.45, 7) is 3.64. The van der Waals surface area contributed by atoms with Crippen LogP contribution in [0.3, 0.4) is 0 Å². The molecule has 0 unspecified atom stereocenters. The van der Waals surface area contributed by atoms with Crippen LogP contribution in [0.5, 0.6) is 0 Å². The molecule has 0 radical (unpaired) electrons. The van der Waals surface area contributed by atoms with Gasteiger partial charge in [0.1, 0.15) is 6.04 Å². The van der Waals surface area contributed by atoms with E-state index in [0.29, 0.717) is 11.3 Å². The summed E-state index contributed by atoms with van der Waals surface area (Å²) < 4.78 is 39.7. The fourth-order valence-corrected chi connectivity index (χ4v) is 4.01. The van der Waals surface area contributed by atoms with Crippen molar-refractivity contribution in [2.45, 2.75) is 26.1 Å². The van der Waals surface area contributed by atoms with E-state index < -0.39 is 28.7 Å². The van der Waals surface area contributed by atoms with E-state index in [0.717, 1.165) is 23.3 Å². The number of alkyl halides is 3. The number of nitrogens with zero attached hydrogens (tertiary/aromatic N) is 1. The van der Waals surface area contributed by atoms with E-state index >= 15 is 0 Å². The Morgan fingerprint density at radius 1 is 0.943 bits per heavy atom. The first-order chi connectivity index (χ1) is 16.5. The molecule has 35 heavy (non-hydrogen) atoms. The van der Waals surface area contributed by atoms with Crippen LogP contribution in [0, 0.1) is 13.8 Å². The summed E-state index contributed by atoms with van der Waals surface area (Å²) in [7, 11) is 1.60. The molecule has 0 saturated heterocycles. The molecule has 0 aliphatic carbocycles. The number of aryl methyl sites for hydroxylation is 2. The summed E-state index contributed by atoms with van der Waals surface area (Å²) in [5, 5.41) is 4.95. The number of likely N-dealkylation sites (N-methyl/N-ethyl adjacent to an activating group) is 1. The van der Waals surface area contributed by atoms with Crippen LogP contribution in [0.15, 0.2) is 66.7 Å². The number of amides is 2. The van der Waals surface area contributed by atoms with Crippen LogP contribution in [0.1, 0.15) is 28.3 Å². The summed E-state index contributed by atoms with van der Waals surface area (Å²) >= 11 is 5.69. The largest absolute Gasteiger partial charge is 0.417 e. The van der Waals surface area contributed by atoms with Gasteiger partial charge in [-0.1, -0.05) is 60.1 Å². The highest BCUT2D eigenvalue weighted by Crippen LogP contribution is 2.36. The summed E-state index contributed by atoms with van der Waals surface area (Å²) in [6.07, 6.45) is -4.67. The van der Waals surface area contributed by atoms with Gasteiger partial charge in [-0.05, 0) is 55.8 Å². The van der Waals surface area contributed by atoms with Gasteiger partial charge in [0.2, 0.25) is 11.8 Å². The topological polar surface area (TPSA) is 61.4 Å². The van der Waals surface area contributed by atoms with E-state index in [-0.39, 0.29) is 18.1 Å². The predicted molar refractivity (Wildman–Crippen MR) is 131 cm³/mol. The number of rotatable bonds is 7. The number of para-hydroxylation sites is 1. The van der Waals surface area contributed by atoms with E-state index in [1.54, 1.807) is 37.4 Å². The first-order valence-electron chi connectivity index (χ1n) is 10.8. The minimum absolute atomic E-state index is 0.0546. The quantitative estimate of drug-likeness (QED) is 0.402. The van der Waals surface area contributed by atoms with Gasteiger partial charge in [-0.15, -0.1) is 0 Å². The Hall–Kier alpha value is -3.36. The van der Waals surface area contributed by atoms with E-state index in [9.17, 15) is 22.8 Å². The van der Waals surface area contributed by atoms with Gasteiger partial charge in [-0.2, -0.15) is 13.2 Å². The summed E-state index contributed by atoms with van der Waals surface area (Å²) in [6, 6.07) is 16.6. The summed E-state index contributed by atoms with van der Waals surface area (Å²) in [5.74, 6) is -0.918. The standard InChI is InChI=1S/C26H25ClF3N3O2/c1-16-8-7-9-17(2)23(16)32-22(34)15-33(3)24(18-10-5-4-6-11-18)25(35)31-19-12-13-21(27)20(14-19)26(28,29)30/h4-14,24H,15H2,1-3H3,(H,31,35)(H,32,34)/t24-/m1/s1. The van der Waals surface area contributed by atoms with Crippen molar-refractivity contribution in [3.05, 3.63) is 94.0 Å². The molecule has 0 saturated carbocycles. The zero-order chi connectivity index (χ0) is 25.8. The van der Waals surface area contributed by atoms with Gasteiger partial charge < -0.3 is 10.6 Å². The predicted octanol–water partition coefficient (Wildman–Crippen LogP) is 6.23. The van der Waals surface area contributed by atoms with E-state index in [4.69, 9.17) is 11.6 Å². The highest BCUT2D eigenvalue weighted by molar-refractivity contribution is 6.31. The number of hydrogen-bond donors (Lipinski definition) is 2. The van der Waals surface area contributed by atoms with Crippen LogP contribution in [0.4, 0.5) is 24.5 Å². The molecule has 1 atom stereocenters.